The summed E-state index contributed by atoms with van der Waals surface area (Å²) in [5, 5.41) is 23.3. The maximum absolute atomic E-state index is 12.5. The van der Waals surface area contributed by atoms with Crippen molar-refractivity contribution in [1.29, 1.82) is 0 Å². The van der Waals surface area contributed by atoms with Gasteiger partial charge in [-0.3, -0.25) is 9.59 Å². The van der Waals surface area contributed by atoms with Gasteiger partial charge in [-0.15, -0.1) is 0 Å². The van der Waals surface area contributed by atoms with Gasteiger partial charge in [0.15, 0.2) is 0 Å². The van der Waals surface area contributed by atoms with Crippen LogP contribution in [-0.2, 0) is 14.3 Å². The molecule has 0 aliphatic carbocycles. The van der Waals surface area contributed by atoms with E-state index in [9.17, 15) is 19.8 Å². The van der Waals surface area contributed by atoms with Gasteiger partial charge in [0.25, 0.3) is 0 Å². The Balaban J connectivity index is 3.46. The van der Waals surface area contributed by atoms with Gasteiger partial charge in [0.05, 0.1) is 25.4 Å². The van der Waals surface area contributed by atoms with E-state index in [0.29, 0.717) is 25.9 Å². The zero-order valence-electron chi connectivity index (χ0n) is 43.0. The molecule has 1 amide bonds. The molecule has 0 saturated carbocycles. The Morgan fingerprint density at radius 1 is 0.422 bits per heavy atom. The van der Waals surface area contributed by atoms with Gasteiger partial charge < -0.3 is 20.3 Å². The standard InChI is InChI=1S/C58H111NO5/c1-3-5-7-9-11-13-15-17-22-26-30-34-38-42-46-50-56(61)55(54-60)59-57(62)51-47-43-39-35-31-27-24-20-19-21-25-29-33-37-41-45-49-53-64-58(63)52-48-44-40-36-32-28-23-18-16-14-12-10-8-6-4-2/h18-19,21,23,55-56,60-61H,3-17,20,22,24-54H2,1-2H3,(H,59,62)/b21-19-,23-18-. The van der Waals surface area contributed by atoms with Crippen molar-refractivity contribution in [3.63, 3.8) is 0 Å². The molecular formula is C58H111NO5. The molecule has 0 aromatic rings. The number of amides is 1. The normalized spacial score (nSPS) is 12.8. The highest BCUT2D eigenvalue weighted by molar-refractivity contribution is 5.76. The summed E-state index contributed by atoms with van der Waals surface area (Å²) >= 11 is 0. The highest BCUT2D eigenvalue weighted by Gasteiger charge is 2.20. The summed E-state index contributed by atoms with van der Waals surface area (Å²) in [6.07, 6.45) is 64.5. The van der Waals surface area contributed by atoms with Gasteiger partial charge in [0.2, 0.25) is 5.91 Å². The number of hydrogen-bond donors (Lipinski definition) is 3. The lowest BCUT2D eigenvalue weighted by atomic mass is 10.0. The number of aliphatic hydroxyl groups is 2. The van der Waals surface area contributed by atoms with Crippen LogP contribution in [-0.4, -0.2) is 47.4 Å². The topological polar surface area (TPSA) is 95.9 Å². The van der Waals surface area contributed by atoms with Gasteiger partial charge >= 0.3 is 5.97 Å². The van der Waals surface area contributed by atoms with Crippen LogP contribution in [0.25, 0.3) is 0 Å². The van der Waals surface area contributed by atoms with E-state index in [1.165, 1.54) is 218 Å². The third-order valence-corrected chi connectivity index (χ3v) is 13.2. The van der Waals surface area contributed by atoms with Crippen LogP contribution in [0.1, 0.15) is 309 Å². The molecule has 378 valence electrons. The average molecular weight is 903 g/mol. The second-order valence-electron chi connectivity index (χ2n) is 19.6. The summed E-state index contributed by atoms with van der Waals surface area (Å²) in [6.45, 7) is 4.93. The number of rotatable bonds is 53. The van der Waals surface area contributed by atoms with Crippen LogP contribution in [0.15, 0.2) is 24.3 Å². The lowest BCUT2D eigenvalue weighted by molar-refractivity contribution is -0.143. The van der Waals surface area contributed by atoms with Crippen LogP contribution >= 0.6 is 0 Å². The number of ether oxygens (including phenoxy) is 1. The molecule has 0 aromatic carbocycles. The van der Waals surface area contributed by atoms with Crippen molar-refractivity contribution in [3.05, 3.63) is 24.3 Å². The van der Waals surface area contributed by atoms with E-state index < -0.39 is 12.1 Å². The molecule has 0 heterocycles. The number of esters is 1. The molecule has 64 heavy (non-hydrogen) atoms. The summed E-state index contributed by atoms with van der Waals surface area (Å²) < 4.78 is 5.46. The number of nitrogens with one attached hydrogen (secondary N) is 1. The minimum absolute atomic E-state index is 0.00954. The van der Waals surface area contributed by atoms with Crippen LogP contribution in [0.4, 0.5) is 0 Å². The van der Waals surface area contributed by atoms with Crippen molar-refractivity contribution in [2.75, 3.05) is 13.2 Å². The molecule has 0 radical (unpaired) electrons. The minimum atomic E-state index is -0.672. The monoisotopic (exact) mass is 902 g/mol. The number of aliphatic hydroxyl groups excluding tert-OH is 2. The van der Waals surface area contributed by atoms with Crippen LogP contribution in [0, 0.1) is 0 Å². The molecule has 6 heteroatoms. The fourth-order valence-corrected chi connectivity index (χ4v) is 8.81. The zero-order valence-corrected chi connectivity index (χ0v) is 43.0. The molecule has 0 rings (SSSR count). The second-order valence-corrected chi connectivity index (χ2v) is 19.6. The number of allylic oxidation sites excluding steroid dienone is 4. The van der Waals surface area contributed by atoms with Crippen molar-refractivity contribution >= 4 is 11.9 Å². The molecule has 2 atom stereocenters. The maximum Gasteiger partial charge on any atom is 0.305 e. The minimum Gasteiger partial charge on any atom is -0.466 e. The van der Waals surface area contributed by atoms with Crippen molar-refractivity contribution in [2.24, 2.45) is 0 Å². The number of unbranched alkanes of at least 4 members (excludes halogenated alkanes) is 38. The predicted octanol–water partition coefficient (Wildman–Crippen LogP) is 17.5. The predicted molar refractivity (Wildman–Crippen MR) is 278 cm³/mol. The van der Waals surface area contributed by atoms with E-state index in [2.05, 4.69) is 43.5 Å². The Kier molecular flexibility index (Phi) is 52.6. The fraction of sp³-hybridized carbons (Fsp3) is 0.897. The molecule has 0 bridgehead atoms. The summed E-state index contributed by atoms with van der Waals surface area (Å²) in [7, 11) is 0. The third kappa shape index (κ3) is 49.8. The number of hydrogen-bond acceptors (Lipinski definition) is 5. The first-order valence-corrected chi connectivity index (χ1v) is 28.6. The maximum atomic E-state index is 12.5. The summed E-state index contributed by atoms with van der Waals surface area (Å²) in [4.78, 5) is 24.5. The smallest absolute Gasteiger partial charge is 0.305 e. The Labute approximate surface area is 399 Å². The van der Waals surface area contributed by atoms with E-state index in [0.717, 1.165) is 57.8 Å². The van der Waals surface area contributed by atoms with E-state index in [1.54, 1.807) is 0 Å². The van der Waals surface area contributed by atoms with Gasteiger partial charge in [0.1, 0.15) is 0 Å². The lowest BCUT2D eigenvalue weighted by Crippen LogP contribution is -2.45. The van der Waals surface area contributed by atoms with E-state index in [1.807, 2.05) is 0 Å². The summed E-state index contributed by atoms with van der Waals surface area (Å²) in [5.41, 5.74) is 0. The van der Waals surface area contributed by atoms with Crippen LogP contribution in [0.5, 0.6) is 0 Å². The molecule has 0 saturated heterocycles. The van der Waals surface area contributed by atoms with Crippen LogP contribution < -0.4 is 5.32 Å². The number of carbonyl (C=O) groups excluding carboxylic acids is 2. The molecule has 0 aliphatic rings. The first kappa shape index (κ1) is 62.3. The van der Waals surface area contributed by atoms with Crippen molar-refractivity contribution < 1.29 is 24.5 Å². The molecule has 0 aliphatic heterocycles. The highest BCUT2D eigenvalue weighted by Crippen LogP contribution is 2.17. The lowest BCUT2D eigenvalue weighted by Gasteiger charge is -2.22. The Morgan fingerprint density at radius 3 is 1.11 bits per heavy atom. The molecule has 0 spiro atoms. The average Bonchev–Trinajstić information content (AvgIpc) is 3.29. The summed E-state index contributed by atoms with van der Waals surface area (Å²) in [6, 6.07) is -0.550. The fourth-order valence-electron chi connectivity index (χ4n) is 8.81. The van der Waals surface area contributed by atoms with Gasteiger partial charge in [-0.1, -0.05) is 244 Å². The molecule has 6 nitrogen and oxygen atoms in total. The third-order valence-electron chi connectivity index (χ3n) is 13.2. The van der Waals surface area contributed by atoms with E-state index in [-0.39, 0.29) is 18.5 Å². The van der Waals surface area contributed by atoms with Crippen LogP contribution in [0.2, 0.25) is 0 Å². The number of carbonyl (C=O) groups is 2. The molecule has 2 unspecified atom stereocenters. The molecular weight excluding hydrogens is 791 g/mol. The molecule has 0 fully saturated rings. The van der Waals surface area contributed by atoms with E-state index >= 15 is 0 Å². The quantitative estimate of drug-likeness (QED) is 0.0321. The molecule has 3 N–H and O–H groups in total. The van der Waals surface area contributed by atoms with Crippen molar-refractivity contribution in [3.8, 4) is 0 Å². The Bertz CT molecular complexity index is 997. The Hall–Kier alpha value is -1.66. The van der Waals surface area contributed by atoms with Gasteiger partial charge in [0, 0.05) is 12.8 Å². The second kappa shape index (κ2) is 54.0. The largest absolute Gasteiger partial charge is 0.466 e. The SMILES string of the molecule is CCCCCCCC/C=C\CCCCCCCC(=O)OCCCCCCCC/C=C\CCCCCCCCCC(=O)NC(CO)C(O)CCCCCCCCCCCCCCCCC. The molecule has 0 aromatic heterocycles. The Morgan fingerprint density at radius 2 is 0.734 bits per heavy atom. The first-order chi connectivity index (χ1) is 31.5. The first-order valence-electron chi connectivity index (χ1n) is 28.6. The van der Waals surface area contributed by atoms with Crippen molar-refractivity contribution in [1.82, 2.24) is 5.32 Å². The van der Waals surface area contributed by atoms with Gasteiger partial charge in [-0.25, -0.2) is 0 Å². The summed E-state index contributed by atoms with van der Waals surface area (Å²) in [5.74, 6) is -0.0556. The van der Waals surface area contributed by atoms with Gasteiger partial charge in [-0.2, -0.15) is 0 Å². The van der Waals surface area contributed by atoms with Crippen molar-refractivity contribution in [2.45, 2.75) is 321 Å². The van der Waals surface area contributed by atoms with Gasteiger partial charge in [-0.05, 0) is 77.0 Å². The highest BCUT2D eigenvalue weighted by atomic mass is 16.5. The zero-order chi connectivity index (χ0) is 46.5. The van der Waals surface area contributed by atoms with E-state index in [4.69, 9.17) is 4.74 Å². The van der Waals surface area contributed by atoms with Crippen LogP contribution in [0.3, 0.4) is 0 Å².